The van der Waals surface area contributed by atoms with Gasteiger partial charge in [0.25, 0.3) is 16.7 Å². The van der Waals surface area contributed by atoms with Crippen molar-refractivity contribution < 1.29 is 27.0 Å². The molecule has 14 nitrogen and oxygen atoms in total. The van der Waals surface area contributed by atoms with Gasteiger partial charge in [0.2, 0.25) is 0 Å². The van der Waals surface area contributed by atoms with Gasteiger partial charge in [0, 0.05) is 99.7 Å². The van der Waals surface area contributed by atoms with Gasteiger partial charge in [-0.05, 0) is 137 Å². The van der Waals surface area contributed by atoms with Crippen LogP contribution in [-0.2, 0) is 6.42 Å². The fourth-order valence-corrected chi connectivity index (χ4v) is 8.58. The summed E-state index contributed by atoms with van der Waals surface area (Å²) in [5.74, 6) is -1.20. The van der Waals surface area contributed by atoms with Crippen LogP contribution < -0.4 is 26.2 Å². The molecule has 18 heteroatoms. The lowest BCUT2D eigenvalue weighted by Gasteiger charge is -2.21. The van der Waals surface area contributed by atoms with Crippen LogP contribution in [0.2, 0.25) is 0 Å². The van der Waals surface area contributed by atoms with Crippen LogP contribution in [0.25, 0.3) is 39.3 Å². The number of rotatable bonds is 16. The number of aromatic amines is 2. The van der Waals surface area contributed by atoms with Crippen molar-refractivity contribution in [2.24, 2.45) is 0 Å². The summed E-state index contributed by atoms with van der Waals surface area (Å²) >= 11 is 0. The molecule has 2 atom stereocenters. The molecule has 70 heavy (non-hydrogen) atoms. The Bertz CT molecular complexity index is 3420. The second-order valence-corrected chi connectivity index (χ2v) is 17.0. The number of H-pyrrole nitrogens is 2. The van der Waals surface area contributed by atoms with E-state index in [2.05, 4.69) is 25.1 Å². The number of aryl methyl sites for hydroxylation is 3. The van der Waals surface area contributed by atoms with E-state index in [1.807, 2.05) is 27.7 Å². The molecule has 0 saturated carbocycles. The summed E-state index contributed by atoms with van der Waals surface area (Å²) in [5, 5.41) is 32.3. The molecule has 3 aromatic carbocycles. The molecular weight excluding hydrogens is 907 g/mol. The molecule has 0 aliphatic heterocycles. The standard InChI is InChI=1S/C52H47F4N9O5/c1-29(6-18-44(58)49(30(2)57)35-7-19-46(66)63(26-35)40-12-16-43(17-13-40)70-52(54,55)56)69-42-14-10-39(11-15-42)64-28-37(9-21-47(64)67)51-33(5)61-62-45(51)24-34-22-38(53)25-41(23-34)65-27-36(8-20-48(65)68)50-31(3)59-60-32(50)4/h7-17,19-23,25-29,49,57-58H,6,18,24H2,1-5H3,(H,59,60)(H,61,62). The number of hydrogen-bond acceptors (Lipinski definition) is 9. The van der Waals surface area contributed by atoms with Crippen molar-refractivity contribution in [2.45, 2.75) is 72.3 Å². The van der Waals surface area contributed by atoms with Gasteiger partial charge < -0.3 is 20.3 Å². The fourth-order valence-electron chi connectivity index (χ4n) is 8.58. The van der Waals surface area contributed by atoms with Gasteiger partial charge in [-0.3, -0.25) is 38.3 Å². The lowest BCUT2D eigenvalue weighted by Crippen LogP contribution is -2.24. The van der Waals surface area contributed by atoms with Crippen LogP contribution in [0.5, 0.6) is 11.5 Å². The summed E-state index contributed by atoms with van der Waals surface area (Å²) in [6, 6.07) is 25.4. The van der Waals surface area contributed by atoms with Gasteiger partial charge in [-0.1, -0.05) is 6.07 Å². The van der Waals surface area contributed by atoms with Crippen LogP contribution in [-0.4, -0.2) is 58.0 Å². The molecule has 0 saturated heterocycles. The Morgan fingerprint density at radius 2 is 1.23 bits per heavy atom. The highest BCUT2D eigenvalue weighted by Crippen LogP contribution is 2.31. The van der Waals surface area contributed by atoms with Gasteiger partial charge in [-0.2, -0.15) is 10.2 Å². The molecule has 358 valence electrons. The van der Waals surface area contributed by atoms with Gasteiger partial charge >= 0.3 is 6.36 Å². The first-order valence-electron chi connectivity index (χ1n) is 22.1. The maximum absolute atomic E-state index is 15.3. The smallest absolute Gasteiger partial charge is 0.491 e. The number of halogens is 4. The summed E-state index contributed by atoms with van der Waals surface area (Å²) in [6.45, 7) is 9.03. The normalized spacial score (nSPS) is 12.4. The van der Waals surface area contributed by atoms with E-state index in [1.165, 1.54) is 68.4 Å². The Morgan fingerprint density at radius 3 is 1.81 bits per heavy atom. The van der Waals surface area contributed by atoms with Crippen molar-refractivity contribution in [1.82, 2.24) is 34.1 Å². The summed E-state index contributed by atoms with van der Waals surface area (Å²) in [5.41, 5.74) is 7.58. The molecule has 5 heterocycles. The summed E-state index contributed by atoms with van der Waals surface area (Å²) in [4.78, 5) is 39.2. The number of nitrogens with zero attached hydrogens (tertiary/aromatic N) is 5. The quantitative estimate of drug-likeness (QED) is 0.0548. The van der Waals surface area contributed by atoms with E-state index in [0.29, 0.717) is 45.9 Å². The zero-order chi connectivity index (χ0) is 50.0. The average Bonchev–Trinajstić information content (AvgIpc) is 3.85. The minimum absolute atomic E-state index is 0.168. The molecule has 0 radical (unpaired) electrons. The van der Waals surface area contributed by atoms with Gasteiger partial charge in [0.05, 0.1) is 29.1 Å². The van der Waals surface area contributed by atoms with Crippen molar-refractivity contribution in [1.29, 1.82) is 10.8 Å². The Kier molecular flexibility index (Phi) is 13.5. The number of alkyl halides is 3. The van der Waals surface area contributed by atoms with E-state index in [4.69, 9.17) is 15.6 Å². The van der Waals surface area contributed by atoms with Crippen LogP contribution in [0.1, 0.15) is 66.5 Å². The molecule has 5 aromatic heterocycles. The van der Waals surface area contributed by atoms with E-state index < -0.39 is 29.4 Å². The van der Waals surface area contributed by atoms with E-state index >= 15 is 4.39 Å². The lowest BCUT2D eigenvalue weighted by molar-refractivity contribution is -0.274. The molecule has 0 aliphatic rings. The zero-order valence-electron chi connectivity index (χ0n) is 38.6. The maximum atomic E-state index is 15.3. The fraction of sp³-hybridized carbons (Fsp3) is 0.212. The number of pyridine rings is 3. The number of ether oxygens (including phenoxy) is 2. The topological polar surface area (TPSA) is 190 Å². The van der Waals surface area contributed by atoms with Crippen LogP contribution in [0.15, 0.2) is 136 Å². The minimum atomic E-state index is -4.86. The number of nitrogens with one attached hydrogen (secondary N) is 4. The molecular formula is C52H47F4N9O5. The van der Waals surface area contributed by atoms with Gasteiger partial charge in [-0.15, -0.1) is 13.2 Å². The predicted molar refractivity (Wildman–Crippen MR) is 258 cm³/mol. The van der Waals surface area contributed by atoms with Gasteiger partial charge in [0.1, 0.15) is 17.3 Å². The van der Waals surface area contributed by atoms with Crippen molar-refractivity contribution in [3.8, 4) is 50.8 Å². The molecule has 8 rings (SSSR count). The molecule has 0 spiro atoms. The van der Waals surface area contributed by atoms with Crippen LogP contribution >= 0.6 is 0 Å². The molecule has 0 bridgehead atoms. The molecule has 0 aliphatic carbocycles. The molecule has 0 fully saturated rings. The summed E-state index contributed by atoms with van der Waals surface area (Å²) in [6.07, 6.45) is 0.515. The lowest BCUT2D eigenvalue weighted by atomic mass is 9.88. The molecule has 2 unspecified atom stereocenters. The largest absolute Gasteiger partial charge is 0.573 e. The molecule has 8 aromatic rings. The second kappa shape index (κ2) is 19.7. The first kappa shape index (κ1) is 48.1. The highest BCUT2D eigenvalue weighted by atomic mass is 19.4. The highest BCUT2D eigenvalue weighted by molar-refractivity contribution is 6.09. The number of aromatic nitrogens is 7. The average molecular weight is 954 g/mol. The number of hydrogen-bond donors (Lipinski definition) is 4. The highest BCUT2D eigenvalue weighted by Gasteiger charge is 2.31. The first-order chi connectivity index (χ1) is 33.3. The third kappa shape index (κ3) is 10.7. The van der Waals surface area contributed by atoms with E-state index in [-0.39, 0.29) is 47.2 Å². The Hall–Kier alpha value is -8.41. The number of benzene rings is 3. The van der Waals surface area contributed by atoms with E-state index in [1.54, 1.807) is 61.8 Å². The van der Waals surface area contributed by atoms with Crippen LogP contribution in [0.4, 0.5) is 17.6 Å². The van der Waals surface area contributed by atoms with Crippen LogP contribution in [0.3, 0.4) is 0 Å². The SMILES string of the molecule is CC(=N)C(C(=N)CCC(C)Oc1ccc(-n2cc(-c3c(Cc4cc(F)cc(-n5cc(-c6c(C)n[nH]c6C)ccc5=O)c4)n[nH]c3C)ccc2=O)cc1)c1ccc(=O)n(-c2ccc(OC(F)(F)F)cc2)c1. The van der Waals surface area contributed by atoms with Crippen LogP contribution in [0, 0.1) is 37.4 Å². The Morgan fingerprint density at radius 1 is 0.686 bits per heavy atom. The summed E-state index contributed by atoms with van der Waals surface area (Å²) < 4.78 is 67.6. The monoisotopic (exact) mass is 953 g/mol. The third-order valence-electron chi connectivity index (χ3n) is 11.8. The summed E-state index contributed by atoms with van der Waals surface area (Å²) in [7, 11) is 0. The van der Waals surface area contributed by atoms with E-state index in [9.17, 15) is 27.6 Å². The second-order valence-electron chi connectivity index (χ2n) is 17.0. The maximum Gasteiger partial charge on any atom is 0.573 e. The Balaban J connectivity index is 0.941. The zero-order valence-corrected chi connectivity index (χ0v) is 38.6. The predicted octanol–water partition coefficient (Wildman–Crippen LogP) is 9.86. The van der Waals surface area contributed by atoms with Crippen molar-refractivity contribution in [3.05, 3.63) is 193 Å². The van der Waals surface area contributed by atoms with Gasteiger partial charge in [-0.25, -0.2) is 4.39 Å². The Labute approximate surface area is 397 Å². The van der Waals surface area contributed by atoms with Crippen molar-refractivity contribution >= 4 is 11.4 Å². The van der Waals surface area contributed by atoms with Gasteiger partial charge in [0.15, 0.2) is 0 Å². The van der Waals surface area contributed by atoms with E-state index in [0.717, 1.165) is 45.9 Å². The van der Waals surface area contributed by atoms with Crippen molar-refractivity contribution in [2.75, 3.05) is 0 Å². The molecule has 4 N–H and O–H groups in total. The minimum Gasteiger partial charge on any atom is -0.491 e. The molecule has 0 amide bonds. The van der Waals surface area contributed by atoms with Crippen molar-refractivity contribution in [3.63, 3.8) is 0 Å². The first-order valence-corrected chi connectivity index (χ1v) is 22.1. The third-order valence-corrected chi connectivity index (χ3v) is 11.8.